The Morgan fingerprint density at radius 1 is 0.315 bits per heavy atom. The second-order valence-corrected chi connectivity index (χ2v) is 30.4. The smallest absolute Gasteiger partial charge is 0.399 e. The minimum absolute atomic E-state index is 0.103. The Morgan fingerprint density at radius 2 is 0.676 bits per heavy atom. The summed E-state index contributed by atoms with van der Waals surface area (Å²) in [6, 6.07) is 105. The van der Waals surface area contributed by atoms with Crippen LogP contribution >= 0.6 is 11.6 Å². The molecule has 19 rings (SSSR count). The summed E-state index contributed by atoms with van der Waals surface area (Å²) in [5.41, 5.74) is 24.0. The van der Waals surface area contributed by atoms with Gasteiger partial charge < -0.3 is 9.31 Å². The van der Waals surface area contributed by atoms with Crippen molar-refractivity contribution in [2.24, 2.45) is 0 Å². The van der Waals surface area contributed by atoms with Gasteiger partial charge in [0.2, 0.25) is 5.28 Å². The number of hydrogen-bond donors (Lipinski definition) is 0. The molecule has 3 heterocycles. The van der Waals surface area contributed by atoms with E-state index >= 15 is 0 Å². The number of halogens is 1. The van der Waals surface area contributed by atoms with E-state index in [2.05, 4.69) is 314 Å². The highest BCUT2D eigenvalue weighted by molar-refractivity contribution is 6.66. The van der Waals surface area contributed by atoms with Crippen molar-refractivity contribution in [3.63, 3.8) is 0 Å². The topological polar surface area (TPSA) is 95.8 Å². The number of hydrogen-bond acceptors (Lipinski definition) is 8. The lowest BCUT2D eigenvalue weighted by atomic mass is 9.70. The largest absolute Gasteiger partial charge is 0.497 e. The van der Waals surface area contributed by atoms with Crippen LogP contribution in [0.2, 0.25) is 5.28 Å². The molecule has 0 bridgehead atoms. The Balaban J connectivity index is 0.000000125. The molecule has 0 atom stereocenters. The van der Waals surface area contributed by atoms with Crippen LogP contribution < -0.4 is 5.46 Å². The first-order chi connectivity index (χ1) is 52.4. The first kappa shape index (κ1) is 68.9. The van der Waals surface area contributed by atoms with E-state index in [1.165, 1.54) is 60.7 Å². The van der Waals surface area contributed by atoms with Crippen LogP contribution in [0.25, 0.3) is 140 Å². The summed E-state index contributed by atoms with van der Waals surface area (Å²) in [6.45, 7) is 17.7. The van der Waals surface area contributed by atoms with Crippen LogP contribution in [0.3, 0.4) is 0 Å². The minimum Gasteiger partial charge on any atom is -0.399 e. The summed E-state index contributed by atoms with van der Waals surface area (Å²) in [6.07, 6.45) is 9.81. The van der Waals surface area contributed by atoms with Crippen LogP contribution in [0.4, 0.5) is 0 Å². The van der Waals surface area contributed by atoms with E-state index in [9.17, 15) is 0 Å². The molecule has 8 nitrogen and oxygen atoms in total. The predicted octanol–water partition coefficient (Wildman–Crippen LogP) is 24.0. The van der Waals surface area contributed by atoms with Gasteiger partial charge in [0.1, 0.15) is 11.6 Å². The lowest BCUT2D eigenvalue weighted by Crippen LogP contribution is -2.41. The average Bonchev–Trinajstić information content (AvgIpc) is 1.57. The Hall–Kier alpha value is -12.2. The summed E-state index contributed by atoms with van der Waals surface area (Å²) >= 11 is 6.30. The van der Waals surface area contributed by atoms with Gasteiger partial charge in [-0.3, -0.25) is 0 Å². The van der Waals surface area contributed by atoms with Crippen LogP contribution in [-0.2, 0) is 20.1 Å². The van der Waals surface area contributed by atoms with Crippen molar-refractivity contribution in [2.75, 3.05) is 0 Å². The molecule has 0 amide bonds. The number of fused-ring (bicyclic) bond motifs is 8. The Kier molecular flexibility index (Phi) is 17.8. The maximum atomic E-state index is 6.53. The highest BCUT2D eigenvalue weighted by atomic mass is 35.5. The van der Waals surface area contributed by atoms with Crippen molar-refractivity contribution in [3.8, 4) is 113 Å². The molecule has 2 aromatic heterocycles. The third kappa shape index (κ3) is 12.8. The van der Waals surface area contributed by atoms with Gasteiger partial charge in [-0.15, -0.1) is 0 Å². The molecule has 0 saturated carbocycles. The number of benzene rings is 13. The van der Waals surface area contributed by atoms with Gasteiger partial charge in [0.15, 0.2) is 29.1 Å². The van der Waals surface area contributed by atoms with E-state index in [0.29, 0.717) is 29.1 Å². The zero-order valence-corrected chi connectivity index (χ0v) is 62.3. The molecule has 3 aliphatic carbocycles. The van der Waals surface area contributed by atoms with Gasteiger partial charge in [0, 0.05) is 56.4 Å². The average molecular weight is 1420 g/mol. The van der Waals surface area contributed by atoms with E-state index in [1.807, 2.05) is 78.9 Å². The van der Waals surface area contributed by atoms with E-state index in [1.54, 1.807) is 0 Å². The van der Waals surface area contributed by atoms with Crippen LogP contribution in [-0.4, -0.2) is 48.2 Å². The number of nitrogens with zero attached hydrogens (tertiary/aromatic N) is 6. The molecule has 1 fully saturated rings. The fourth-order valence-electron chi connectivity index (χ4n) is 15.6. The third-order valence-electron chi connectivity index (χ3n) is 22.0. The monoisotopic (exact) mass is 1420 g/mol. The van der Waals surface area contributed by atoms with Gasteiger partial charge >= 0.3 is 7.12 Å². The van der Waals surface area contributed by atoms with Gasteiger partial charge in [-0.2, -0.15) is 9.97 Å². The van der Waals surface area contributed by atoms with Gasteiger partial charge in [0.25, 0.3) is 0 Å². The molecular weight excluding hydrogens is 1340 g/mol. The summed E-state index contributed by atoms with van der Waals surface area (Å²) in [4.78, 5) is 29.4. The summed E-state index contributed by atoms with van der Waals surface area (Å²) < 4.78 is 13.1. The van der Waals surface area contributed by atoms with E-state index < -0.39 is 7.12 Å². The molecule has 15 aromatic rings. The molecular formula is C98H77BClN6O2+. The van der Waals surface area contributed by atoms with Crippen molar-refractivity contribution in [3.05, 3.63) is 361 Å². The first-order valence-corrected chi connectivity index (χ1v) is 37.2. The number of rotatable bonds is 10. The van der Waals surface area contributed by atoms with Crippen LogP contribution in [0.1, 0.15) is 77.6 Å². The number of aromatic nitrogens is 6. The second kappa shape index (κ2) is 27.9. The zero-order chi connectivity index (χ0) is 73.9. The molecule has 520 valence electrons. The molecule has 10 heteroatoms. The SMILES string of the molecule is CC1(C)C2=[C+]C=CC=C2c2c1cc1ccccc1c2B1OC(C)(C)C(C)(C)O1.CC1(C)c2ccccc2-c2c1cc1ccccc1c2-c1nc(-c2cccc(-c3ccccc3)c2)nc(-c2cccc(-c3ccccc3)c2)n1.Clc1nc(-c2cccc(-c3ccccc3)c2)nc(-c2cccc(-c3ccccc3)c2)n1. The van der Waals surface area contributed by atoms with E-state index in [0.717, 1.165) is 83.2 Å². The van der Waals surface area contributed by atoms with Gasteiger partial charge in [-0.05, 0) is 183 Å². The van der Waals surface area contributed by atoms with Crippen molar-refractivity contribution < 1.29 is 9.31 Å². The molecule has 0 unspecified atom stereocenters. The molecule has 0 N–H and O–H groups in total. The normalized spacial score (nSPS) is 14.9. The zero-order valence-electron chi connectivity index (χ0n) is 61.6. The number of allylic oxidation sites excluding steroid dienone is 6. The molecule has 1 saturated heterocycles. The summed E-state index contributed by atoms with van der Waals surface area (Å²) in [5.74, 6) is 3.08. The molecule has 4 aliphatic rings. The van der Waals surface area contributed by atoms with Crippen molar-refractivity contribution in [1.29, 1.82) is 0 Å². The van der Waals surface area contributed by atoms with Crippen molar-refractivity contribution >= 4 is 51.3 Å². The fourth-order valence-corrected chi connectivity index (χ4v) is 15.8. The molecule has 1 aliphatic heterocycles. The van der Waals surface area contributed by atoms with Crippen LogP contribution in [0, 0.1) is 6.08 Å². The summed E-state index contributed by atoms with van der Waals surface area (Å²) in [7, 11) is -0.396. The van der Waals surface area contributed by atoms with Crippen molar-refractivity contribution in [2.45, 2.75) is 77.4 Å². The molecule has 13 aromatic carbocycles. The Labute approximate surface area is 637 Å². The minimum atomic E-state index is -0.396. The third-order valence-corrected chi connectivity index (χ3v) is 22.1. The maximum Gasteiger partial charge on any atom is 0.497 e. The van der Waals surface area contributed by atoms with E-state index in [4.69, 9.17) is 40.8 Å². The van der Waals surface area contributed by atoms with Crippen LogP contribution in [0.5, 0.6) is 0 Å². The highest BCUT2D eigenvalue weighted by Gasteiger charge is 2.56. The van der Waals surface area contributed by atoms with Gasteiger partial charge in [-0.1, -0.05) is 281 Å². The van der Waals surface area contributed by atoms with Gasteiger partial charge in [-0.25, -0.2) is 19.9 Å². The molecule has 0 radical (unpaired) electrons. The standard InChI is InChI=1S/C46H33N3.C27H18ClN3.C25H26BO2/c1-46(2)39-26-12-11-25-38(39)41-40(46)29-34-19-9-10-24-37(34)42(41)45-48-43(35-22-13-20-32(27-35)30-15-5-3-6-16-30)47-44(49-45)36-23-14-21-33(28-36)31-17-7-4-8-18-31;28-27-30-25(23-15-7-13-21(17-23)19-9-3-1-4-10-19)29-26(31-27)24-16-8-14-22(18-24)20-11-5-2-6-12-20;1-23(2)19-14-10-9-13-18(19)21-20(23)15-16-11-7-8-12-17(16)22(21)26-27-24(3,4)25(5,6)28-26/h3-29H,1-2H3;1-18H;7-13,15H,1-6H3/q;;+1. The first-order valence-electron chi connectivity index (χ1n) is 36.8. The van der Waals surface area contributed by atoms with E-state index in [-0.39, 0.29) is 27.3 Å². The van der Waals surface area contributed by atoms with Gasteiger partial charge in [0.05, 0.1) is 28.3 Å². The Morgan fingerprint density at radius 3 is 1.14 bits per heavy atom. The van der Waals surface area contributed by atoms with Crippen LogP contribution in [0.15, 0.2) is 327 Å². The second-order valence-electron chi connectivity index (χ2n) is 30.0. The summed E-state index contributed by atoms with van der Waals surface area (Å²) in [5, 5.41) is 4.92. The maximum absolute atomic E-state index is 6.53. The molecule has 108 heavy (non-hydrogen) atoms. The van der Waals surface area contributed by atoms with Crippen molar-refractivity contribution in [1.82, 2.24) is 29.9 Å². The Bertz CT molecular complexity index is 5870. The quantitative estimate of drug-likeness (QED) is 0.0987. The fraction of sp³-hybridized carbons (Fsp3) is 0.122. The molecule has 0 spiro atoms. The lowest BCUT2D eigenvalue weighted by molar-refractivity contribution is 0.00578. The lowest BCUT2D eigenvalue weighted by Gasteiger charge is -2.32. The predicted molar refractivity (Wildman–Crippen MR) is 445 cm³/mol. The highest BCUT2D eigenvalue weighted by Crippen LogP contribution is 2.55.